The number of rotatable bonds is 6. The molecule has 1 aliphatic carbocycles. The molecule has 3 nitrogen and oxygen atoms in total. The van der Waals surface area contributed by atoms with E-state index in [4.69, 9.17) is 0 Å². The van der Waals surface area contributed by atoms with Crippen LogP contribution in [0.2, 0.25) is 0 Å². The van der Waals surface area contributed by atoms with Gasteiger partial charge in [-0.05, 0) is 49.7 Å². The molecule has 1 aromatic heterocycles. The summed E-state index contributed by atoms with van der Waals surface area (Å²) < 4.78 is 2.01. The van der Waals surface area contributed by atoms with Gasteiger partial charge in [0.15, 0.2) is 5.78 Å². The molecule has 0 spiro atoms. The fourth-order valence-corrected chi connectivity index (χ4v) is 2.83. The second kappa shape index (κ2) is 6.87. The summed E-state index contributed by atoms with van der Waals surface area (Å²) in [7, 11) is 0. The molecule has 1 heterocycles. The molecule has 1 unspecified atom stereocenters. The van der Waals surface area contributed by atoms with E-state index in [-0.39, 0.29) is 5.78 Å². The molecule has 0 fully saturated rings. The maximum Gasteiger partial charge on any atom is 0.164 e. The van der Waals surface area contributed by atoms with E-state index < -0.39 is 0 Å². The maximum absolute atomic E-state index is 12.3. The predicted molar refractivity (Wildman–Crippen MR) is 81.7 cm³/mol. The molecular weight excluding hydrogens is 248 g/mol. The summed E-state index contributed by atoms with van der Waals surface area (Å²) in [6.45, 7) is 6.60. The molecule has 0 aliphatic heterocycles. The molecule has 110 valence electrons. The van der Waals surface area contributed by atoms with Gasteiger partial charge < -0.3 is 0 Å². The van der Waals surface area contributed by atoms with Crippen molar-refractivity contribution in [2.45, 2.75) is 65.3 Å². The first kappa shape index (κ1) is 15.0. The zero-order valence-corrected chi connectivity index (χ0v) is 12.9. The average molecular weight is 274 g/mol. The zero-order valence-electron chi connectivity index (χ0n) is 12.9. The summed E-state index contributed by atoms with van der Waals surface area (Å²) >= 11 is 0. The topological polar surface area (TPSA) is 34.9 Å². The molecule has 2 rings (SSSR count). The molecule has 20 heavy (non-hydrogen) atoms. The van der Waals surface area contributed by atoms with E-state index in [0.29, 0.717) is 12.5 Å². The molecule has 3 heteroatoms. The zero-order chi connectivity index (χ0) is 14.5. The highest BCUT2D eigenvalue weighted by molar-refractivity contribution is 5.96. The van der Waals surface area contributed by atoms with E-state index in [1.165, 1.54) is 0 Å². The molecule has 1 aromatic rings. The van der Waals surface area contributed by atoms with Crippen molar-refractivity contribution in [3.63, 3.8) is 0 Å². The second-order valence-electron chi connectivity index (χ2n) is 5.97. The van der Waals surface area contributed by atoms with E-state index in [1.807, 2.05) is 16.9 Å². The minimum atomic E-state index is 0.256. The molecule has 0 N–H and O–H groups in total. The van der Waals surface area contributed by atoms with Crippen LogP contribution < -0.4 is 0 Å². The fraction of sp³-hybridized carbons (Fsp3) is 0.647. The van der Waals surface area contributed by atoms with Gasteiger partial charge in [-0.25, -0.2) is 0 Å². The number of Topliss-reactive ketones (excluding diaryl/α,β-unsaturated/α-hetero) is 1. The summed E-state index contributed by atoms with van der Waals surface area (Å²) in [5.74, 6) is 0.979. The van der Waals surface area contributed by atoms with Crippen molar-refractivity contribution in [2.75, 3.05) is 0 Å². The Bertz CT molecular complexity index is 483. The minimum Gasteiger partial charge on any atom is -0.294 e. The van der Waals surface area contributed by atoms with Gasteiger partial charge >= 0.3 is 0 Å². The summed E-state index contributed by atoms with van der Waals surface area (Å²) in [6.07, 6.45) is 9.87. The van der Waals surface area contributed by atoms with Crippen molar-refractivity contribution in [3.05, 3.63) is 29.6 Å². The Kier molecular flexibility index (Phi) is 5.16. The number of ketones is 1. The largest absolute Gasteiger partial charge is 0.294 e. The van der Waals surface area contributed by atoms with Crippen molar-refractivity contribution in [1.29, 1.82) is 0 Å². The molecule has 0 bridgehead atoms. The summed E-state index contributed by atoms with van der Waals surface area (Å²) in [4.78, 5) is 12.3. The summed E-state index contributed by atoms with van der Waals surface area (Å²) in [6, 6.07) is 2.44. The molecular formula is C17H26N2O. The van der Waals surface area contributed by atoms with Crippen LogP contribution in [0.3, 0.4) is 0 Å². The first-order chi connectivity index (χ1) is 9.63. The Labute approximate surface area is 122 Å². The number of aromatic nitrogens is 2. The fourth-order valence-electron chi connectivity index (χ4n) is 2.83. The van der Waals surface area contributed by atoms with Gasteiger partial charge in [0.25, 0.3) is 0 Å². The van der Waals surface area contributed by atoms with Crippen LogP contribution in [0.25, 0.3) is 0 Å². The number of allylic oxidation sites excluding steroid dienone is 2. The molecule has 0 saturated heterocycles. The third-order valence-electron chi connectivity index (χ3n) is 4.35. The molecule has 0 saturated carbocycles. The Morgan fingerprint density at radius 2 is 2.20 bits per heavy atom. The smallest absolute Gasteiger partial charge is 0.164 e. The third kappa shape index (κ3) is 3.59. The lowest BCUT2D eigenvalue weighted by Gasteiger charge is -2.17. The standard InChI is InChI=1S/C17H26N2O/c1-4-16(5-2)19-11-10-15(18-19)12-17(20)14-8-6-13(3)7-9-14/h8,10-11,13,16H,4-7,9,12H2,1-3H3. The predicted octanol–water partition coefficient (Wildman–Crippen LogP) is 4.10. The minimum absolute atomic E-state index is 0.256. The monoisotopic (exact) mass is 274 g/mol. The van der Waals surface area contributed by atoms with Crippen LogP contribution in [0, 0.1) is 5.92 Å². The number of carbonyl (C=O) groups excluding carboxylic acids is 1. The van der Waals surface area contributed by atoms with Crippen molar-refractivity contribution in [2.24, 2.45) is 5.92 Å². The van der Waals surface area contributed by atoms with E-state index in [0.717, 1.165) is 49.3 Å². The van der Waals surface area contributed by atoms with Crippen molar-refractivity contribution in [1.82, 2.24) is 9.78 Å². The van der Waals surface area contributed by atoms with E-state index in [9.17, 15) is 4.79 Å². The van der Waals surface area contributed by atoms with Crippen molar-refractivity contribution < 1.29 is 4.79 Å². The SMILES string of the molecule is CCC(CC)n1ccc(CC(=O)C2=CCC(C)CC2)n1. The lowest BCUT2D eigenvalue weighted by atomic mass is 9.88. The highest BCUT2D eigenvalue weighted by atomic mass is 16.1. The molecule has 0 aromatic carbocycles. The van der Waals surface area contributed by atoms with Crippen LogP contribution in [0.5, 0.6) is 0 Å². The first-order valence-corrected chi connectivity index (χ1v) is 7.90. The van der Waals surface area contributed by atoms with Gasteiger partial charge in [0.2, 0.25) is 0 Å². The van der Waals surface area contributed by atoms with Gasteiger partial charge in [0, 0.05) is 6.20 Å². The molecule has 0 radical (unpaired) electrons. The Morgan fingerprint density at radius 3 is 2.80 bits per heavy atom. The maximum atomic E-state index is 12.3. The number of nitrogens with zero attached hydrogens (tertiary/aromatic N) is 2. The lowest BCUT2D eigenvalue weighted by molar-refractivity contribution is -0.115. The van der Waals surface area contributed by atoms with Crippen LogP contribution >= 0.6 is 0 Å². The van der Waals surface area contributed by atoms with E-state index in [2.05, 4.69) is 31.9 Å². The second-order valence-corrected chi connectivity index (χ2v) is 5.97. The van der Waals surface area contributed by atoms with E-state index in [1.54, 1.807) is 0 Å². The number of hydrogen-bond donors (Lipinski definition) is 0. The summed E-state index contributed by atoms with van der Waals surface area (Å²) in [5, 5.41) is 4.57. The quantitative estimate of drug-likeness (QED) is 0.782. The summed E-state index contributed by atoms with van der Waals surface area (Å²) in [5.41, 5.74) is 1.92. The van der Waals surface area contributed by atoms with Crippen LogP contribution in [-0.4, -0.2) is 15.6 Å². The van der Waals surface area contributed by atoms with Gasteiger partial charge in [0.1, 0.15) is 0 Å². The van der Waals surface area contributed by atoms with E-state index >= 15 is 0 Å². The van der Waals surface area contributed by atoms with Crippen molar-refractivity contribution >= 4 is 5.78 Å². The average Bonchev–Trinajstić information content (AvgIpc) is 2.89. The number of carbonyl (C=O) groups is 1. The molecule has 1 aliphatic rings. The Morgan fingerprint density at radius 1 is 1.45 bits per heavy atom. The highest BCUT2D eigenvalue weighted by Crippen LogP contribution is 2.24. The van der Waals surface area contributed by atoms with Gasteiger partial charge in [-0.3, -0.25) is 9.48 Å². The van der Waals surface area contributed by atoms with Gasteiger partial charge in [-0.2, -0.15) is 5.10 Å². The lowest BCUT2D eigenvalue weighted by Crippen LogP contribution is -2.13. The van der Waals surface area contributed by atoms with Crippen LogP contribution in [0.1, 0.15) is 64.6 Å². The Hall–Kier alpha value is -1.38. The van der Waals surface area contributed by atoms with Gasteiger partial charge in [-0.1, -0.05) is 26.8 Å². The van der Waals surface area contributed by atoms with Crippen LogP contribution in [0.4, 0.5) is 0 Å². The first-order valence-electron chi connectivity index (χ1n) is 7.90. The van der Waals surface area contributed by atoms with Crippen LogP contribution in [-0.2, 0) is 11.2 Å². The van der Waals surface area contributed by atoms with Gasteiger partial charge in [0.05, 0.1) is 18.2 Å². The normalized spacial score (nSPS) is 19.2. The van der Waals surface area contributed by atoms with Crippen LogP contribution in [0.15, 0.2) is 23.9 Å². The highest BCUT2D eigenvalue weighted by Gasteiger charge is 2.17. The van der Waals surface area contributed by atoms with Crippen molar-refractivity contribution in [3.8, 4) is 0 Å². The third-order valence-corrected chi connectivity index (χ3v) is 4.35. The Balaban J connectivity index is 1.98. The number of hydrogen-bond acceptors (Lipinski definition) is 2. The molecule has 0 amide bonds. The molecule has 1 atom stereocenters. The van der Waals surface area contributed by atoms with Gasteiger partial charge in [-0.15, -0.1) is 0 Å².